The fourth-order valence-corrected chi connectivity index (χ4v) is 1.57. The van der Waals surface area contributed by atoms with Crippen LogP contribution in [0.4, 0.5) is 5.82 Å². The highest BCUT2D eigenvalue weighted by atomic mass is 16.5. The third-order valence-corrected chi connectivity index (χ3v) is 2.51. The van der Waals surface area contributed by atoms with Crippen LogP contribution < -0.4 is 10.1 Å². The van der Waals surface area contributed by atoms with Gasteiger partial charge in [0.25, 0.3) is 0 Å². The second-order valence-electron chi connectivity index (χ2n) is 3.70. The summed E-state index contributed by atoms with van der Waals surface area (Å²) < 4.78 is 7.07. The average Bonchev–Trinajstić information content (AvgIpc) is 2.76. The van der Waals surface area contributed by atoms with Gasteiger partial charge in [-0.25, -0.2) is 4.98 Å². The van der Waals surface area contributed by atoms with E-state index >= 15 is 0 Å². The lowest BCUT2D eigenvalue weighted by Crippen LogP contribution is -2.09. The normalized spacial score (nSPS) is 10.2. The summed E-state index contributed by atoms with van der Waals surface area (Å²) in [4.78, 5) is 8.53. The number of methoxy groups -OCH3 is 1. The summed E-state index contributed by atoms with van der Waals surface area (Å²) in [6, 6.07) is 5.65. The Hall–Kier alpha value is -2.04. The number of imidazole rings is 1. The number of nitrogens with zero attached hydrogens (tertiary/aromatic N) is 3. The van der Waals surface area contributed by atoms with E-state index < -0.39 is 0 Å². The molecule has 0 aliphatic rings. The van der Waals surface area contributed by atoms with Crippen molar-refractivity contribution < 1.29 is 4.74 Å². The molecule has 5 nitrogen and oxygen atoms in total. The van der Waals surface area contributed by atoms with Crippen LogP contribution in [0.25, 0.3) is 0 Å². The molecule has 90 valence electrons. The van der Waals surface area contributed by atoms with Crippen molar-refractivity contribution >= 4 is 5.82 Å². The maximum Gasteiger partial charge on any atom is 0.214 e. The molecular weight excluding hydrogens is 216 g/mol. The molecule has 0 amide bonds. The highest BCUT2D eigenvalue weighted by Crippen LogP contribution is 2.10. The van der Waals surface area contributed by atoms with Gasteiger partial charge in [0.1, 0.15) is 11.6 Å². The molecule has 0 fully saturated rings. The van der Waals surface area contributed by atoms with Crippen LogP contribution in [0.5, 0.6) is 5.88 Å². The minimum Gasteiger partial charge on any atom is -0.481 e. The van der Waals surface area contributed by atoms with Gasteiger partial charge in [0.15, 0.2) is 0 Å². The van der Waals surface area contributed by atoms with E-state index in [1.807, 2.05) is 36.0 Å². The number of aromatic nitrogens is 3. The van der Waals surface area contributed by atoms with Crippen molar-refractivity contribution in [3.63, 3.8) is 0 Å². The van der Waals surface area contributed by atoms with Gasteiger partial charge >= 0.3 is 0 Å². The Morgan fingerprint density at radius 3 is 3.00 bits per heavy atom. The predicted octanol–water partition coefficient (Wildman–Crippen LogP) is 1.48. The zero-order valence-corrected chi connectivity index (χ0v) is 10.1. The molecule has 2 rings (SSSR count). The lowest BCUT2D eigenvalue weighted by Gasteiger charge is -2.06. The van der Waals surface area contributed by atoms with E-state index in [2.05, 4.69) is 15.3 Å². The van der Waals surface area contributed by atoms with Gasteiger partial charge in [0.05, 0.1) is 7.11 Å². The molecule has 2 aromatic heterocycles. The standard InChI is InChI=1S/C12H16N4O/c1-16-9-8-14-11(16)6-7-13-10-4-3-5-12(15-10)17-2/h3-5,8-9H,6-7H2,1-2H3,(H,13,15). The fraction of sp³-hybridized carbons (Fsp3) is 0.333. The number of hydrogen-bond acceptors (Lipinski definition) is 4. The van der Waals surface area contributed by atoms with E-state index in [9.17, 15) is 0 Å². The molecule has 0 aliphatic carbocycles. The number of nitrogens with one attached hydrogen (secondary N) is 1. The molecule has 2 aromatic rings. The first-order valence-corrected chi connectivity index (χ1v) is 5.50. The molecular formula is C12H16N4O. The Morgan fingerprint density at radius 1 is 1.41 bits per heavy atom. The van der Waals surface area contributed by atoms with Gasteiger partial charge in [0.2, 0.25) is 5.88 Å². The zero-order chi connectivity index (χ0) is 12.1. The van der Waals surface area contributed by atoms with Gasteiger partial charge in [-0.15, -0.1) is 0 Å². The highest BCUT2D eigenvalue weighted by Gasteiger charge is 2.00. The monoisotopic (exact) mass is 232 g/mol. The molecule has 0 atom stereocenters. The van der Waals surface area contributed by atoms with Crippen molar-refractivity contribution in [1.29, 1.82) is 0 Å². The Bertz CT molecular complexity index is 481. The highest BCUT2D eigenvalue weighted by molar-refractivity contribution is 5.36. The largest absolute Gasteiger partial charge is 0.481 e. The molecule has 0 radical (unpaired) electrons. The molecule has 0 aliphatic heterocycles. The number of pyridine rings is 1. The minimum atomic E-state index is 0.618. The summed E-state index contributed by atoms with van der Waals surface area (Å²) >= 11 is 0. The van der Waals surface area contributed by atoms with Crippen molar-refractivity contribution in [3.05, 3.63) is 36.4 Å². The van der Waals surface area contributed by atoms with Crippen LogP contribution in [0.1, 0.15) is 5.82 Å². The Labute approximate surface area is 100 Å². The van der Waals surface area contributed by atoms with Crippen molar-refractivity contribution in [2.75, 3.05) is 19.0 Å². The first-order chi connectivity index (χ1) is 8.29. The fourth-order valence-electron chi connectivity index (χ4n) is 1.57. The van der Waals surface area contributed by atoms with Gasteiger partial charge < -0.3 is 14.6 Å². The summed E-state index contributed by atoms with van der Waals surface area (Å²) in [5.41, 5.74) is 0. The van der Waals surface area contributed by atoms with E-state index in [1.165, 1.54) is 0 Å². The molecule has 0 saturated carbocycles. The lowest BCUT2D eigenvalue weighted by molar-refractivity contribution is 0.398. The molecule has 5 heteroatoms. The molecule has 0 aromatic carbocycles. The molecule has 1 N–H and O–H groups in total. The molecule has 0 saturated heterocycles. The molecule has 2 heterocycles. The van der Waals surface area contributed by atoms with Crippen LogP contribution >= 0.6 is 0 Å². The smallest absolute Gasteiger partial charge is 0.214 e. The zero-order valence-electron chi connectivity index (χ0n) is 10.1. The van der Waals surface area contributed by atoms with Crippen LogP contribution in [-0.2, 0) is 13.5 Å². The van der Waals surface area contributed by atoms with E-state index in [-0.39, 0.29) is 0 Å². The second kappa shape index (κ2) is 5.34. The summed E-state index contributed by atoms with van der Waals surface area (Å²) in [5, 5.41) is 3.24. The SMILES string of the molecule is COc1cccc(NCCc2nccn2C)n1. The third kappa shape index (κ3) is 2.96. The minimum absolute atomic E-state index is 0.618. The summed E-state index contributed by atoms with van der Waals surface area (Å²) in [6.07, 6.45) is 4.61. The van der Waals surface area contributed by atoms with E-state index in [0.29, 0.717) is 5.88 Å². The molecule has 17 heavy (non-hydrogen) atoms. The second-order valence-corrected chi connectivity index (χ2v) is 3.70. The number of rotatable bonds is 5. The Kier molecular flexibility index (Phi) is 3.59. The lowest BCUT2D eigenvalue weighted by atomic mass is 10.4. The van der Waals surface area contributed by atoms with E-state index in [4.69, 9.17) is 4.74 Å². The van der Waals surface area contributed by atoms with E-state index in [1.54, 1.807) is 13.3 Å². The van der Waals surface area contributed by atoms with Crippen LogP contribution in [0.3, 0.4) is 0 Å². The predicted molar refractivity (Wildman–Crippen MR) is 66.2 cm³/mol. The Balaban J connectivity index is 1.87. The van der Waals surface area contributed by atoms with Crippen LogP contribution in [0.15, 0.2) is 30.6 Å². The molecule has 0 spiro atoms. The van der Waals surface area contributed by atoms with Crippen molar-refractivity contribution in [2.45, 2.75) is 6.42 Å². The maximum absolute atomic E-state index is 5.06. The quantitative estimate of drug-likeness (QED) is 0.848. The summed E-state index contributed by atoms with van der Waals surface area (Å²) in [5.74, 6) is 2.49. The summed E-state index contributed by atoms with van der Waals surface area (Å²) in [6.45, 7) is 0.797. The first kappa shape index (κ1) is 11.4. The van der Waals surface area contributed by atoms with Crippen molar-refractivity contribution in [2.24, 2.45) is 7.05 Å². The van der Waals surface area contributed by atoms with Gasteiger partial charge in [0, 0.05) is 38.5 Å². The Morgan fingerprint density at radius 2 is 2.29 bits per heavy atom. The van der Waals surface area contributed by atoms with Crippen molar-refractivity contribution in [3.8, 4) is 5.88 Å². The van der Waals surface area contributed by atoms with Gasteiger partial charge in [-0.2, -0.15) is 4.98 Å². The first-order valence-electron chi connectivity index (χ1n) is 5.50. The third-order valence-electron chi connectivity index (χ3n) is 2.51. The number of hydrogen-bond donors (Lipinski definition) is 1. The number of anilines is 1. The number of aryl methyl sites for hydroxylation is 1. The number of ether oxygens (including phenoxy) is 1. The topological polar surface area (TPSA) is 52.0 Å². The van der Waals surface area contributed by atoms with Gasteiger partial charge in [-0.05, 0) is 6.07 Å². The molecule has 0 bridgehead atoms. The van der Waals surface area contributed by atoms with Crippen molar-refractivity contribution in [1.82, 2.24) is 14.5 Å². The van der Waals surface area contributed by atoms with Gasteiger partial charge in [-0.1, -0.05) is 6.07 Å². The van der Waals surface area contributed by atoms with Crippen LogP contribution in [0, 0.1) is 0 Å². The maximum atomic E-state index is 5.06. The van der Waals surface area contributed by atoms with E-state index in [0.717, 1.165) is 24.6 Å². The van der Waals surface area contributed by atoms with Gasteiger partial charge in [-0.3, -0.25) is 0 Å². The van der Waals surface area contributed by atoms with Crippen LogP contribution in [-0.4, -0.2) is 28.2 Å². The van der Waals surface area contributed by atoms with Crippen LogP contribution in [0.2, 0.25) is 0 Å². The molecule has 0 unspecified atom stereocenters. The summed E-state index contributed by atoms with van der Waals surface area (Å²) in [7, 11) is 3.60. The average molecular weight is 232 g/mol.